The molecule has 0 saturated heterocycles. The number of hydrogen-bond acceptors (Lipinski definition) is 2. The van der Waals surface area contributed by atoms with E-state index in [0.717, 1.165) is 12.8 Å². The topological polar surface area (TPSA) is 60.9 Å². The van der Waals surface area contributed by atoms with E-state index in [9.17, 15) is 4.79 Å². The van der Waals surface area contributed by atoms with E-state index in [1.165, 1.54) is 0 Å². The summed E-state index contributed by atoms with van der Waals surface area (Å²) >= 11 is 0. The lowest BCUT2D eigenvalue weighted by molar-refractivity contribution is -0.122. The van der Waals surface area contributed by atoms with E-state index in [0.29, 0.717) is 0 Å². The van der Waals surface area contributed by atoms with Crippen molar-refractivity contribution >= 4 is 5.91 Å². The second-order valence-corrected chi connectivity index (χ2v) is 3.60. The molecule has 1 aromatic rings. The van der Waals surface area contributed by atoms with E-state index in [-0.39, 0.29) is 17.9 Å². The van der Waals surface area contributed by atoms with Gasteiger partial charge < -0.3 is 10.3 Å². The number of amides is 1. The first-order valence-corrected chi connectivity index (χ1v) is 4.92. The van der Waals surface area contributed by atoms with E-state index >= 15 is 0 Å². The molecular formula is C10H17N3O. The van der Waals surface area contributed by atoms with Gasteiger partial charge in [-0.05, 0) is 19.8 Å². The fourth-order valence-corrected chi connectivity index (χ4v) is 1.55. The average Bonchev–Trinajstić information content (AvgIpc) is 2.65. The predicted octanol–water partition coefficient (Wildman–Crippen LogP) is 1.35. The number of carbonyl (C=O) groups is 1. The molecule has 0 radical (unpaired) electrons. The van der Waals surface area contributed by atoms with E-state index in [1.807, 2.05) is 17.7 Å². The molecule has 2 unspecified atom stereocenters. The van der Waals surface area contributed by atoms with Gasteiger partial charge >= 0.3 is 0 Å². The number of rotatable bonds is 5. The second-order valence-electron chi connectivity index (χ2n) is 3.60. The lowest BCUT2D eigenvalue weighted by atomic mass is 9.97. The van der Waals surface area contributed by atoms with E-state index < -0.39 is 0 Å². The van der Waals surface area contributed by atoms with Gasteiger partial charge in [0.2, 0.25) is 5.91 Å². The second kappa shape index (κ2) is 4.79. The van der Waals surface area contributed by atoms with Gasteiger partial charge in [0.25, 0.3) is 0 Å². The molecule has 1 aromatic heterocycles. The van der Waals surface area contributed by atoms with Crippen LogP contribution in [-0.2, 0) is 4.79 Å². The van der Waals surface area contributed by atoms with Crippen LogP contribution in [0.2, 0.25) is 0 Å². The third kappa shape index (κ3) is 2.58. The number of aromatic nitrogens is 2. The molecule has 78 valence electrons. The van der Waals surface area contributed by atoms with Crippen LogP contribution >= 0.6 is 0 Å². The highest BCUT2D eigenvalue weighted by Gasteiger charge is 2.17. The molecule has 0 aliphatic heterocycles. The van der Waals surface area contributed by atoms with Gasteiger partial charge in [-0.25, -0.2) is 4.98 Å². The molecule has 14 heavy (non-hydrogen) atoms. The molecule has 0 bridgehead atoms. The standard InChI is InChI=1S/C10H17N3O/c1-3-9(10(11)14)6-8(2)13-5-4-12-7-13/h4-5,7-9H,3,6H2,1-2H3,(H2,11,14). The Balaban J connectivity index is 2.55. The quantitative estimate of drug-likeness (QED) is 0.770. The molecule has 0 aromatic carbocycles. The first-order chi connectivity index (χ1) is 6.65. The third-order valence-corrected chi connectivity index (χ3v) is 2.55. The van der Waals surface area contributed by atoms with Crippen molar-refractivity contribution in [3.8, 4) is 0 Å². The summed E-state index contributed by atoms with van der Waals surface area (Å²) in [6.45, 7) is 4.04. The normalized spacial score (nSPS) is 15.0. The van der Waals surface area contributed by atoms with Crippen molar-refractivity contribution in [1.29, 1.82) is 0 Å². The lowest BCUT2D eigenvalue weighted by Gasteiger charge is -2.17. The van der Waals surface area contributed by atoms with Gasteiger partial charge in [0.1, 0.15) is 0 Å². The zero-order valence-corrected chi connectivity index (χ0v) is 8.68. The Morgan fingerprint density at radius 3 is 2.79 bits per heavy atom. The van der Waals surface area contributed by atoms with Crippen LogP contribution in [0.5, 0.6) is 0 Å². The number of nitrogens with two attached hydrogens (primary N) is 1. The van der Waals surface area contributed by atoms with Crippen molar-refractivity contribution in [3.05, 3.63) is 18.7 Å². The highest BCUT2D eigenvalue weighted by atomic mass is 16.1. The van der Waals surface area contributed by atoms with Gasteiger partial charge in [0.05, 0.1) is 6.33 Å². The number of imidazole rings is 1. The summed E-state index contributed by atoms with van der Waals surface area (Å²) in [7, 11) is 0. The maximum absolute atomic E-state index is 11.0. The Labute approximate surface area is 84.1 Å². The fourth-order valence-electron chi connectivity index (χ4n) is 1.55. The van der Waals surface area contributed by atoms with Crippen molar-refractivity contribution in [3.63, 3.8) is 0 Å². The van der Waals surface area contributed by atoms with E-state index in [2.05, 4.69) is 11.9 Å². The molecule has 0 spiro atoms. The van der Waals surface area contributed by atoms with Crippen LogP contribution in [0.25, 0.3) is 0 Å². The minimum Gasteiger partial charge on any atom is -0.369 e. The van der Waals surface area contributed by atoms with Gasteiger partial charge in [0.15, 0.2) is 0 Å². The van der Waals surface area contributed by atoms with Crippen molar-refractivity contribution < 1.29 is 4.79 Å². The monoisotopic (exact) mass is 195 g/mol. The Morgan fingerprint density at radius 1 is 1.64 bits per heavy atom. The van der Waals surface area contributed by atoms with Gasteiger partial charge in [-0.15, -0.1) is 0 Å². The SMILES string of the molecule is CCC(CC(C)n1ccnc1)C(N)=O. The molecule has 1 rings (SSSR count). The van der Waals surface area contributed by atoms with Crippen LogP contribution in [-0.4, -0.2) is 15.5 Å². The van der Waals surface area contributed by atoms with Crippen molar-refractivity contribution in [2.45, 2.75) is 32.7 Å². The van der Waals surface area contributed by atoms with Crippen molar-refractivity contribution in [2.75, 3.05) is 0 Å². The molecule has 1 heterocycles. The maximum atomic E-state index is 11.0. The van der Waals surface area contributed by atoms with Crippen LogP contribution < -0.4 is 5.73 Å². The molecule has 2 N–H and O–H groups in total. The highest BCUT2D eigenvalue weighted by molar-refractivity contribution is 5.76. The molecule has 0 saturated carbocycles. The van der Waals surface area contributed by atoms with E-state index in [4.69, 9.17) is 5.73 Å². The van der Waals surface area contributed by atoms with Crippen LogP contribution in [0.3, 0.4) is 0 Å². The van der Waals surface area contributed by atoms with Crippen LogP contribution in [0.1, 0.15) is 32.7 Å². The average molecular weight is 195 g/mol. The van der Waals surface area contributed by atoms with Crippen LogP contribution in [0.4, 0.5) is 0 Å². The maximum Gasteiger partial charge on any atom is 0.220 e. The Kier molecular flexibility index (Phi) is 3.68. The smallest absolute Gasteiger partial charge is 0.220 e. The van der Waals surface area contributed by atoms with Gasteiger partial charge in [0, 0.05) is 24.4 Å². The summed E-state index contributed by atoms with van der Waals surface area (Å²) in [6, 6.07) is 0.273. The summed E-state index contributed by atoms with van der Waals surface area (Å²) in [5.41, 5.74) is 5.29. The fraction of sp³-hybridized carbons (Fsp3) is 0.600. The van der Waals surface area contributed by atoms with Gasteiger partial charge in [-0.2, -0.15) is 0 Å². The largest absolute Gasteiger partial charge is 0.369 e. The van der Waals surface area contributed by atoms with E-state index in [1.54, 1.807) is 12.5 Å². The van der Waals surface area contributed by atoms with Crippen LogP contribution in [0, 0.1) is 5.92 Å². The molecule has 2 atom stereocenters. The van der Waals surface area contributed by atoms with Crippen molar-refractivity contribution in [1.82, 2.24) is 9.55 Å². The van der Waals surface area contributed by atoms with Gasteiger partial charge in [-0.3, -0.25) is 4.79 Å². The molecule has 1 amide bonds. The predicted molar refractivity (Wildman–Crippen MR) is 54.5 cm³/mol. The Morgan fingerprint density at radius 2 is 2.36 bits per heavy atom. The zero-order valence-electron chi connectivity index (χ0n) is 8.68. The minimum absolute atomic E-state index is 0.0348. The molecule has 0 fully saturated rings. The number of nitrogens with zero attached hydrogens (tertiary/aromatic N) is 2. The number of primary amides is 1. The zero-order chi connectivity index (χ0) is 10.6. The summed E-state index contributed by atoms with van der Waals surface area (Å²) in [4.78, 5) is 15.0. The first kappa shape index (κ1) is 10.8. The summed E-state index contributed by atoms with van der Waals surface area (Å²) in [6.07, 6.45) is 6.98. The highest BCUT2D eigenvalue weighted by Crippen LogP contribution is 2.18. The van der Waals surface area contributed by atoms with Crippen LogP contribution in [0.15, 0.2) is 18.7 Å². The van der Waals surface area contributed by atoms with Gasteiger partial charge in [-0.1, -0.05) is 6.92 Å². The van der Waals surface area contributed by atoms with Crippen molar-refractivity contribution in [2.24, 2.45) is 11.7 Å². The number of carbonyl (C=O) groups excluding carboxylic acids is 1. The molecule has 0 aliphatic carbocycles. The lowest BCUT2D eigenvalue weighted by Crippen LogP contribution is -2.25. The molecule has 0 aliphatic rings. The third-order valence-electron chi connectivity index (χ3n) is 2.55. The molecular weight excluding hydrogens is 178 g/mol. The summed E-state index contributed by atoms with van der Waals surface area (Å²) in [5, 5.41) is 0. The summed E-state index contributed by atoms with van der Waals surface area (Å²) < 4.78 is 1.99. The molecule has 4 nitrogen and oxygen atoms in total. The Hall–Kier alpha value is -1.32. The first-order valence-electron chi connectivity index (χ1n) is 4.92. The number of hydrogen-bond donors (Lipinski definition) is 1. The molecule has 4 heteroatoms. The Bertz CT molecular complexity index is 282. The minimum atomic E-state index is -0.209. The summed E-state index contributed by atoms with van der Waals surface area (Å²) in [5.74, 6) is -0.244.